The van der Waals surface area contributed by atoms with Gasteiger partial charge >= 0.3 is 0 Å². The molecule has 0 saturated carbocycles. The van der Waals surface area contributed by atoms with E-state index in [1.54, 1.807) is 0 Å². The van der Waals surface area contributed by atoms with Crippen LogP contribution in [0.4, 0.5) is 0 Å². The van der Waals surface area contributed by atoms with E-state index in [1.807, 2.05) is 0 Å². The van der Waals surface area contributed by atoms with Crippen LogP contribution in [-0.4, -0.2) is 19.9 Å². The van der Waals surface area contributed by atoms with Gasteiger partial charge in [-0.25, -0.2) is 9.97 Å². The molecule has 0 saturated heterocycles. The fraction of sp³-hybridized carbons (Fsp3) is 0.312. The third-order valence-corrected chi connectivity index (χ3v) is 7.77. The molecule has 6 heteroatoms. The van der Waals surface area contributed by atoms with Gasteiger partial charge < -0.3 is 21.4 Å². The quantitative estimate of drug-likeness (QED) is 0.200. The number of benzene rings is 4. The zero-order chi connectivity index (χ0) is 27.0. The topological polar surface area (TPSA) is 109 Å². The number of fused-ring (bicyclic) bond motifs is 6. The van der Waals surface area contributed by atoms with E-state index in [4.69, 9.17) is 21.4 Å². The van der Waals surface area contributed by atoms with Crippen molar-refractivity contribution in [2.45, 2.75) is 53.6 Å². The summed E-state index contributed by atoms with van der Waals surface area (Å²) >= 11 is 0. The molecule has 6 N–H and O–H groups in total. The molecule has 6 aromatic rings. The SMILES string of the molecule is CC(C)(C)C(N)c1nc2ccc3cc(-c4ccc5c(ccc6nc(C(N)C(C)(C)C)[nH]c65)c4)ccc3c2[nH]1. The smallest absolute Gasteiger partial charge is 0.124 e. The summed E-state index contributed by atoms with van der Waals surface area (Å²) in [5.74, 6) is 1.66. The van der Waals surface area contributed by atoms with Gasteiger partial charge in [0.1, 0.15) is 11.6 Å². The van der Waals surface area contributed by atoms with Crippen LogP contribution in [0.1, 0.15) is 65.3 Å². The van der Waals surface area contributed by atoms with Gasteiger partial charge in [-0.2, -0.15) is 0 Å². The maximum absolute atomic E-state index is 6.49. The van der Waals surface area contributed by atoms with Crippen LogP contribution in [0, 0.1) is 10.8 Å². The second-order valence-electron chi connectivity index (χ2n) is 12.7. The molecule has 0 spiro atoms. The third kappa shape index (κ3) is 4.05. The number of hydrogen-bond acceptors (Lipinski definition) is 4. The highest BCUT2D eigenvalue weighted by Crippen LogP contribution is 2.35. The minimum Gasteiger partial charge on any atom is -0.340 e. The number of imidazole rings is 2. The Hall–Kier alpha value is -3.74. The Morgan fingerprint density at radius 3 is 1.34 bits per heavy atom. The van der Waals surface area contributed by atoms with Crippen molar-refractivity contribution >= 4 is 43.6 Å². The monoisotopic (exact) mass is 504 g/mol. The van der Waals surface area contributed by atoms with E-state index in [0.717, 1.165) is 44.5 Å². The Morgan fingerprint density at radius 2 is 0.974 bits per heavy atom. The Morgan fingerprint density at radius 1 is 0.579 bits per heavy atom. The average Bonchev–Trinajstić information content (AvgIpc) is 3.50. The summed E-state index contributed by atoms with van der Waals surface area (Å²) in [4.78, 5) is 16.6. The number of nitrogens with two attached hydrogens (primary N) is 2. The molecule has 194 valence electrons. The molecule has 2 heterocycles. The van der Waals surface area contributed by atoms with Crippen LogP contribution < -0.4 is 11.5 Å². The second-order valence-corrected chi connectivity index (χ2v) is 12.7. The van der Waals surface area contributed by atoms with Gasteiger partial charge in [0.05, 0.1) is 34.2 Å². The lowest BCUT2D eigenvalue weighted by Crippen LogP contribution is -2.27. The van der Waals surface area contributed by atoms with E-state index in [0.29, 0.717) is 0 Å². The maximum Gasteiger partial charge on any atom is 0.124 e. The molecular formula is C32H36N6. The van der Waals surface area contributed by atoms with Crippen molar-refractivity contribution in [2.24, 2.45) is 22.3 Å². The molecule has 0 aliphatic heterocycles. The summed E-state index contributed by atoms with van der Waals surface area (Å²) in [5.41, 5.74) is 19.1. The van der Waals surface area contributed by atoms with Gasteiger partial charge in [-0.15, -0.1) is 0 Å². The van der Waals surface area contributed by atoms with E-state index in [1.165, 1.54) is 21.9 Å². The predicted octanol–water partition coefficient (Wildman–Crippen LogP) is 7.50. The Kier molecular flexibility index (Phi) is 5.42. The fourth-order valence-corrected chi connectivity index (χ4v) is 5.13. The lowest BCUT2D eigenvalue weighted by molar-refractivity contribution is 0.317. The van der Waals surface area contributed by atoms with Gasteiger partial charge in [0.25, 0.3) is 0 Å². The molecule has 0 radical (unpaired) electrons. The van der Waals surface area contributed by atoms with E-state index in [2.05, 4.69) is 112 Å². The lowest BCUT2D eigenvalue weighted by Gasteiger charge is -2.24. The standard InChI is InChI=1S/C32H36N6/c1-31(2,3)27(33)29-35-23-13-9-19-15-17(7-11-21(19)25(23)37-29)18-8-12-22-20(16-18)10-14-24-26(22)38-30(36-24)28(34)32(4,5)6/h7-16,27-28H,33-34H2,1-6H3,(H,35,37)(H,36,38). The summed E-state index contributed by atoms with van der Waals surface area (Å²) < 4.78 is 0. The first-order valence-electron chi connectivity index (χ1n) is 13.3. The summed E-state index contributed by atoms with van der Waals surface area (Å²) in [5, 5.41) is 4.63. The molecule has 0 aliphatic carbocycles. The Bertz CT molecular complexity index is 1690. The van der Waals surface area contributed by atoms with E-state index in [-0.39, 0.29) is 22.9 Å². The number of nitrogens with one attached hydrogen (secondary N) is 2. The molecule has 4 aromatic carbocycles. The van der Waals surface area contributed by atoms with Crippen molar-refractivity contribution < 1.29 is 0 Å². The predicted molar refractivity (Wildman–Crippen MR) is 159 cm³/mol. The molecular weight excluding hydrogens is 468 g/mol. The Balaban J connectivity index is 1.40. The maximum atomic E-state index is 6.49. The van der Waals surface area contributed by atoms with Crippen LogP contribution in [-0.2, 0) is 0 Å². The zero-order valence-electron chi connectivity index (χ0n) is 23.0. The van der Waals surface area contributed by atoms with Crippen molar-refractivity contribution in [3.05, 3.63) is 72.3 Å². The van der Waals surface area contributed by atoms with Gasteiger partial charge in [-0.1, -0.05) is 77.9 Å². The van der Waals surface area contributed by atoms with E-state index >= 15 is 0 Å². The molecule has 6 nitrogen and oxygen atoms in total. The van der Waals surface area contributed by atoms with E-state index < -0.39 is 0 Å². The van der Waals surface area contributed by atoms with Gasteiger partial charge in [-0.05, 0) is 57.0 Å². The molecule has 0 fully saturated rings. The third-order valence-electron chi connectivity index (χ3n) is 7.77. The molecule has 0 bridgehead atoms. The molecule has 2 atom stereocenters. The first kappa shape index (κ1) is 24.6. The molecule has 6 rings (SSSR count). The Labute approximate surface area is 222 Å². The van der Waals surface area contributed by atoms with Crippen molar-refractivity contribution in [3.63, 3.8) is 0 Å². The number of aromatic nitrogens is 4. The highest BCUT2D eigenvalue weighted by atomic mass is 15.0. The van der Waals surface area contributed by atoms with Crippen LogP contribution in [0.25, 0.3) is 54.7 Å². The van der Waals surface area contributed by atoms with Crippen LogP contribution >= 0.6 is 0 Å². The number of hydrogen-bond donors (Lipinski definition) is 4. The normalized spacial score (nSPS) is 14.6. The second kappa shape index (κ2) is 8.38. The molecule has 2 aromatic heterocycles. The summed E-state index contributed by atoms with van der Waals surface area (Å²) in [7, 11) is 0. The van der Waals surface area contributed by atoms with Gasteiger partial charge in [0.15, 0.2) is 0 Å². The first-order valence-corrected chi connectivity index (χ1v) is 13.3. The van der Waals surface area contributed by atoms with Crippen molar-refractivity contribution in [3.8, 4) is 11.1 Å². The van der Waals surface area contributed by atoms with Crippen molar-refractivity contribution in [2.75, 3.05) is 0 Å². The van der Waals surface area contributed by atoms with Gasteiger partial charge in [-0.3, -0.25) is 0 Å². The largest absolute Gasteiger partial charge is 0.340 e. The minimum atomic E-state index is -0.163. The van der Waals surface area contributed by atoms with Crippen LogP contribution in [0.3, 0.4) is 0 Å². The number of aromatic amines is 2. The number of nitrogens with zero attached hydrogens (tertiary/aromatic N) is 2. The van der Waals surface area contributed by atoms with Crippen LogP contribution in [0.2, 0.25) is 0 Å². The molecule has 0 aliphatic rings. The van der Waals surface area contributed by atoms with Crippen LogP contribution in [0.5, 0.6) is 0 Å². The summed E-state index contributed by atoms with van der Waals surface area (Å²) in [6.45, 7) is 12.8. The number of rotatable bonds is 3. The first-order chi connectivity index (χ1) is 17.9. The fourth-order valence-electron chi connectivity index (χ4n) is 5.13. The van der Waals surface area contributed by atoms with Crippen LogP contribution in [0.15, 0.2) is 60.7 Å². The minimum absolute atomic E-state index is 0.0745. The lowest BCUT2D eigenvalue weighted by atomic mass is 9.87. The molecule has 38 heavy (non-hydrogen) atoms. The van der Waals surface area contributed by atoms with Gasteiger partial charge in [0.2, 0.25) is 0 Å². The molecule has 0 amide bonds. The highest BCUT2D eigenvalue weighted by Gasteiger charge is 2.26. The average molecular weight is 505 g/mol. The molecule has 2 unspecified atom stereocenters. The van der Waals surface area contributed by atoms with E-state index in [9.17, 15) is 0 Å². The zero-order valence-corrected chi connectivity index (χ0v) is 23.0. The highest BCUT2D eigenvalue weighted by molar-refractivity contribution is 6.07. The van der Waals surface area contributed by atoms with Gasteiger partial charge in [0, 0.05) is 10.8 Å². The van der Waals surface area contributed by atoms with Crippen molar-refractivity contribution in [1.82, 2.24) is 19.9 Å². The number of H-pyrrole nitrogens is 2. The van der Waals surface area contributed by atoms with Crippen molar-refractivity contribution in [1.29, 1.82) is 0 Å². The summed E-state index contributed by atoms with van der Waals surface area (Å²) in [6, 6.07) is 21.3. The summed E-state index contributed by atoms with van der Waals surface area (Å²) in [6.07, 6.45) is 0.